The minimum Gasteiger partial charge on any atom is -0.482 e. The summed E-state index contributed by atoms with van der Waals surface area (Å²) in [4.78, 5) is 34.4. The molecule has 0 amide bonds. The van der Waals surface area contributed by atoms with Crippen molar-refractivity contribution in [2.24, 2.45) is 0 Å². The summed E-state index contributed by atoms with van der Waals surface area (Å²) >= 11 is 0. The van der Waals surface area contributed by atoms with Gasteiger partial charge in [0.2, 0.25) is 0 Å². The number of carbonyl (C=O) groups is 3. The molecule has 0 heterocycles. The Labute approximate surface area is 172 Å². The maximum atomic E-state index is 12.2. The van der Waals surface area contributed by atoms with Gasteiger partial charge < -0.3 is 19.7 Å². The number of carboxylic acid groups (broad SMARTS) is 2. The van der Waals surface area contributed by atoms with E-state index in [0.29, 0.717) is 28.0 Å². The highest BCUT2D eigenvalue weighted by Gasteiger charge is 2.15. The van der Waals surface area contributed by atoms with Crippen LogP contribution in [0.1, 0.15) is 26.3 Å². The summed E-state index contributed by atoms with van der Waals surface area (Å²) in [5.74, 6) is -2.41. The summed E-state index contributed by atoms with van der Waals surface area (Å²) in [7, 11) is 0. The summed E-state index contributed by atoms with van der Waals surface area (Å²) in [6.07, 6.45) is 0. The molecule has 30 heavy (non-hydrogen) atoms. The summed E-state index contributed by atoms with van der Waals surface area (Å²) in [5.41, 5.74) is 2.10. The third-order valence-corrected chi connectivity index (χ3v) is 4.23. The van der Waals surface area contributed by atoms with Crippen molar-refractivity contribution < 1.29 is 34.1 Å². The zero-order chi connectivity index (χ0) is 21.5. The van der Waals surface area contributed by atoms with E-state index >= 15 is 0 Å². The van der Waals surface area contributed by atoms with E-state index in [9.17, 15) is 19.5 Å². The number of benzene rings is 3. The van der Waals surface area contributed by atoms with Gasteiger partial charge in [0.15, 0.2) is 6.61 Å². The van der Waals surface area contributed by atoms with Gasteiger partial charge in [-0.3, -0.25) is 0 Å². The van der Waals surface area contributed by atoms with Gasteiger partial charge in [-0.15, -0.1) is 0 Å². The van der Waals surface area contributed by atoms with E-state index in [0.717, 1.165) is 0 Å². The second-order valence-electron chi connectivity index (χ2n) is 6.33. The molecule has 0 aliphatic heterocycles. The van der Waals surface area contributed by atoms with Crippen LogP contribution in [0, 0.1) is 0 Å². The van der Waals surface area contributed by atoms with Crippen LogP contribution in [-0.2, 0) is 16.1 Å². The van der Waals surface area contributed by atoms with Crippen LogP contribution in [0.2, 0.25) is 0 Å². The van der Waals surface area contributed by atoms with Crippen LogP contribution in [0.4, 0.5) is 0 Å². The molecule has 2 N–H and O–H groups in total. The second-order valence-corrected chi connectivity index (χ2v) is 6.33. The van der Waals surface area contributed by atoms with Crippen LogP contribution in [0.5, 0.6) is 5.75 Å². The van der Waals surface area contributed by atoms with Crippen LogP contribution in [0.15, 0.2) is 72.8 Å². The number of rotatable bonds is 8. The molecule has 3 rings (SSSR count). The van der Waals surface area contributed by atoms with Crippen LogP contribution >= 0.6 is 0 Å². The molecule has 0 aromatic heterocycles. The highest BCUT2D eigenvalue weighted by atomic mass is 16.5. The maximum Gasteiger partial charge on any atom is 0.341 e. The zero-order valence-corrected chi connectivity index (χ0v) is 15.8. The van der Waals surface area contributed by atoms with Gasteiger partial charge in [0.05, 0.1) is 11.1 Å². The molecule has 7 nitrogen and oxygen atoms in total. The first-order valence-corrected chi connectivity index (χ1v) is 8.97. The number of aliphatic carboxylic acids is 1. The van der Waals surface area contributed by atoms with Gasteiger partial charge in [-0.05, 0) is 47.5 Å². The molecule has 0 spiro atoms. The summed E-state index contributed by atoms with van der Waals surface area (Å²) in [5, 5.41) is 18.2. The minimum absolute atomic E-state index is 0.0258. The Hall–Kier alpha value is -4.13. The van der Waals surface area contributed by atoms with Gasteiger partial charge >= 0.3 is 17.9 Å². The molecule has 0 aliphatic rings. The normalized spacial score (nSPS) is 10.3. The Morgan fingerprint density at radius 3 is 2.23 bits per heavy atom. The maximum absolute atomic E-state index is 12.2. The topological polar surface area (TPSA) is 110 Å². The van der Waals surface area contributed by atoms with Crippen molar-refractivity contribution in [1.29, 1.82) is 0 Å². The Balaban J connectivity index is 1.84. The number of ether oxygens (including phenoxy) is 2. The van der Waals surface area contributed by atoms with E-state index in [1.165, 1.54) is 6.07 Å². The fraction of sp³-hybridized carbons (Fsp3) is 0.0870. The fourth-order valence-corrected chi connectivity index (χ4v) is 2.81. The number of esters is 1. The summed E-state index contributed by atoms with van der Waals surface area (Å²) in [6, 6.07) is 19.9. The van der Waals surface area contributed by atoms with Crippen LogP contribution < -0.4 is 4.74 Å². The molecule has 3 aromatic carbocycles. The molecule has 0 unspecified atom stereocenters. The molecule has 0 radical (unpaired) electrons. The number of hydrogen-bond donors (Lipinski definition) is 2. The predicted octanol–water partition coefficient (Wildman–Crippen LogP) is 3.87. The van der Waals surface area contributed by atoms with Crippen LogP contribution in [-0.4, -0.2) is 34.7 Å². The average molecular weight is 406 g/mol. The van der Waals surface area contributed by atoms with E-state index < -0.39 is 24.5 Å². The standard InChI is InChI=1S/C23H18O7/c24-21(25)14-29-19-8-4-7-16(12-19)17-9-10-20(22(26)27)18(11-17)13-30-23(28)15-5-2-1-3-6-15/h1-12H,13-14H2,(H,24,25)(H,26,27). The first-order valence-electron chi connectivity index (χ1n) is 8.97. The summed E-state index contributed by atoms with van der Waals surface area (Å²) < 4.78 is 10.5. The van der Waals surface area contributed by atoms with Crippen molar-refractivity contribution in [2.75, 3.05) is 6.61 Å². The van der Waals surface area contributed by atoms with Crippen molar-refractivity contribution in [3.05, 3.63) is 89.5 Å². The van der Waals surface area contributed by atoms with Gasteiger partial charge in [-0.25, -0.2) is 14.4 Å². The molecule has 0 atom stereocenters. The zero-order valence-electron chi connectivity index (χ0n) is 15.8. The van der Waals surface area contributed by atoms with Crippen LogP contribution in [0.25, 0.3) is 11.1 Å². The molecular formula is C23H18O7. The first-order chi connectivity index (χ1) is 14.4. The van der Waals surface area contributed by atoms with Gasteiger partial charge in [-0.2, -0.15) is 0 Å². The average Bonchev–Trinajstić information content (AvgIpc) is 2.76. The molecule has 3 aromatic rings. The van der Waals surface area contributed by atoms with E-state index in [2.05, 4.69) is 0 Å². The lowest BCUT2D eigenvalue weighted by atomic mass is 9.99. The van der Waals surface area contributed by atoms with Crippen molar-refractivity contribution in [2.45, 2.75) is 6.61 Å². The van der Waals surface area contributed by atoms with Gasteiger partial charge in [-0.1, -0.05) is 36.4 Å². The third-order valence-electron chi connectivity index (χ3n) is 4.23. The molecule has 0 saturated carbocycles. The van der Waals surface area contributed by atoms with Gasteiger partial charge in [0, 0.05) is 5.56 Å². The lowest BCUT2D eigenvalue weighted by Crippen LogP contribution is -2.09. The number of carbonyl (C=O) groups excluding carboxylic acids is 1. The van der Waals surface area contributed by atoms with Gasteiger partial charge in [0.25, 0.3) is 0 Å². The number of carboxylic acids is 2. The Kier molecular flexibility index (Phi) is 6.44. The Bertz CT molecular complexity index is 1070. The fourth-order valence-electron chi connectivity index (χ4n) is 2.81. The lowest BCUT2D eigenvalue weighted by molar-refractivity contribution is -0.139. The minimum atomic E-state index is -1.13. The molecule has 0 bridgehead atoms. The van der Waals surface area contributed by atoms with Crippen LogP contribution in [0.3, 0.4) is 0 Å². The van der Waals surface area contributed by atoms with Gasteiger partial charge in [0.1, 0.15) is 12.4 Å². The molecule has 0 saturated heterocycles. The van der Waals surface area contributed by atoms with Crippen molar-refractivity contribution in [3.8, 4) is 16.9 Å². The smallest absolute Gasteiger partial charge is 0.341 e. The van der Waals surface area contributed by atoms with Crippen molar-refractivity contribution in [1.82, 2.24) is 0 Å². The largest absolute Gasteiger partial charge is 0.482 e. The van der Waals surface area contributed by atoms with E-state index in [4.69, 9.17) is 14.6 Å². The highest BCUT2D eigenvalue weighted by Crippen LogP contribution is 2.27. The Morgan fingerprint density at radius 1 is 0.800 bits per heavy atom. The SMILES string of the molecule is O=C(O)COc1cccc(-c2ccc(C(=O)O)c(COC(=O)c3ccccc3)c2)c1. The third kappa shape index (κ3) is 5.23. The quantitative estimate of drug-likeness (QED) is 0.546. The van der Waals surface area contributed by atoms with E-state index in [1.807, 2.05) is 0 Å². The number of hydrogen-bond acceptors (Lipinski definition) is 5. The van der Waals surface area contributed by atoms with Crippen molar-refractivity contribution in [3.63, 3.8) is 0 Å². The molecular weight excluding hydrogens is 388 g/mol. The second kappa shape index (κ2) is 9.38. The molecule has 0 aliphatic carbocycles. The molecule has 152 valence electrons. The predicted molar refractivity (Wildman–Crippen MR) is 108 cm³/mol. The molecule has 7 heteroatoms. The number of aromatic carboxylic acids is 1. The lowest BCUT2D eigenvalue weighted by Gasteiger charge is -2.11. The summed E-state index contributed by atoms with van der Waals surface area (Å²) in [6.45, 7) is -0.680. The monoisotopic (exact) mass is 406 g/mol. The van der Waals surface area contributed by atoms with Crippen molar-refractivity contribution >= 4 is 17.9 Å². The Morgan fingerprint density at radius 2 is 1.53 bits per heavy atom. The van der Waals surface area contributed by atoms with E-state index in [1.54, 1.807) is 66.7 Å². The highest BCUT2D eigenvalue weighted by molar-refractivity contribution is 5.91. The van der Waals surface area contributed by atoms with E-state index in [-0.39, 0.29) is 12.2 Å². The molecule has 0 fully saturated rings. The first kappa shape index (κ1) is 20.6.